The molecule has 0 unspecified atom stereocenters. The van der Waals surface area contributed by atoms with Gasteiger partial charge in [0.25, 0.3) is 0 Å². The fourth-order valence-electron chi connectivity index (χ4n) is 7.19. The molecule has 6 N–H and O–H groups in total. The predicted octanol–water partition coefficient (Wildman–Crippen LogP) is 8.91. The maximum atomic E-state index is 6.02. The van der Waals surface area contributed by atoms with E-state index in [9.17, 15) is 0 Å². The molecule has 0 saturated heterocycles. The van der Waals surface area contributed by atoms with Crippen molar-refractivity contribution in [3.8, 4) is 67.5 Å². The zero-order chi connectivity index (χ0) is 39.0. The molecule has 0 aliphatic carbocycles. The van der Waals surface area contributed by atoms with Crippen molar-refractivity contribution in [1.82, 2.24) is 55.5 Å². The topological polar surface area (TPSA) is 196 Å². The summed E-state index contributed by atoms with van der Waals surface area (Å²) in [7, 11) is 3.30. The Morgan fingerprint density at radius 1 is 0.534 bits per heavy atom. The summed E-state index contributed by atoms with van der Waals surface area (Å²) >= 11 is 0. The molecule has 15 nitrogen and oxygen atoms in total. The van der Waals surface area contributed by atoms with Crippen LogP contribution < -0.4 is 20.1 Å². The van der Waals surface area contributed by atoms with Crippen LogP contribution in [0.4, 0.5) is 23.0 Å². The van der Waals surface area contributed by atoms with Crippen LogP contribution in [0.5, 0.6) is 11.5 Å². The number of aromatic nitrogens is 11. The monoisotopic (exact) mass is 763 g/mol. The van der Waals surface area contributed by atoms with Crippen LogP contribution >= 0.6 is 0 Å². The summed E-state index contributed by atoms with van der Waals surface area (Å²) in [6.45, 7) is 0. The number of hydrogen-bond acceptors (Lipinski definition) is 11. The van der Waals surface area contributed by atoms with E-state index in [0.29, 0.717) is 56.9 Å². The number of H-pyrrole nitrogens is 4. The van der Waals surface area contributed by atoms with Crippen molar-refractivity contribution in [3.05, 3.63) is 128 Å². The van der Waals surface area contributed by atoms with Gasteiger partial charge >= 0.3 is 0 Å². The second-order valence-electron chi connectivity index (χ2n) is 13.3. The molecule has 10 rings (SSSR count). The van der Waals surface area contributed by atoms with Gasteiger partial charge in [0, 0.05) is 23.5 Å². The molecule has 0 amide bonds. The fraction of sp³-hybridized carbons (Fsp3) is 0.0465. The Kier molecular flexibility index (Phi) is 8.48. The summed E-state index contributed by atoms with van der Waals surface area (Å²) in [5.74, 6) is 2.41. The van der Waals surface area contributed by atoms with Crippen molar-refractivity contribution in [1.29, 1.82) is 0 Å². The summed E-state index contributed by atoms with van der Waals surface area (Å²) in [4.78, 5) is 21.7. The van der Waals surface area contributed by atoms with Crippen LogP contribution in [0.15, 0.2) is 128 Å². The number of methoxy groups -OCH3 is 2. The molecule has 15 heteroatoms. The average molecular weight is 764 g/mol. The highest BCUT2D eigenvalue weighted by Gasteiger charge is 2.22. The normalized spacial score (nSPS) is 11.3. The van der Waals surface area contributed by atoms with Gasteiger partial charge in [0.15, 0.2) is 11.3 Å². The smallest absolute Gasteiger partial charge is 0.161 e. The van der Waals surface area contributed by atoms with Gasteiger partial charge < -0.3 is 25.1 Å². The first kappa shape index (κ1) is 34.2. The van der Waals surface area contributed by atoms with Gasteiger partial charge in [-0.1, -0.05) is 66.7 Å². The summed E-state index contributed by atoms with van der Waals surface area (Å²) in [5.41, 5.74) is 11.5. The maximum absolute atomic E-state index is 6.02. The Labute approximate surface area is 330 Å². The molecule has 0 bridgehead atoms. The predicted molar refractivity (Wildman–Crippen MR) is 223 cm³/mol. The van der Waals surface area contributed by atoms with Crippen molar-refractivity contribution in [2.75, 3.05) is 24.9 Å². The molecular formula is C43H33N13O2. The van der Waals surface area contributed by atoms with Crippen molar-refractivity contribution in [3.63, 3.8) is 0 Å². The molecular weight excluding hydrogens is 731 g/mol. The zero-order valence-electron chi connectivity index (χ0n) is 31.1. The number of fused-ring (bicyclic) bond motifs is 2. The van der Waals surface area contributed by atoms with Crippen LogP contribution in [0.1, 0.15) is 0 Å². The third-order valence-corrected chi connectivity index (χ3v) is 9.97. The van der Waals surface area contributed by atoms with Crippen molar-refractivity contribution in [2.45, 2.75) is 0 Å². The molecule has 0 saturated carbocycles. The lowest BCUT2D eigenvalue weighted by Gasteiger charge is -2.17. The number of hydrogen-bond donors (Lipinski definition) is 6. The first-order valence-corrected chi connectivity index (χ1v) is 18.3. The summed E-state index contributed by atoms with van der Waals surface area (Å²) in [6.07, 6.45) is 8.44. The minimum atomic E-state index is 0.561. The van der Waals surface area contributed by atoms with E-state index in [1.165, 1.54) is 12.7 Å². The quantitative estimate of drug-likeness (QED) is 0.0736. The number of anilines is 4. The van der Waals surface area contributed by atoms with Gasteiger partial charge in [-0.3, -0.25) is 15.3 Å². The fourth-order valence-corrected chi connectivity index (χ4v) is 7.19. The molecule has 0 spiro atoms. The van der Waals surface area contributed by atoms with Crippen LogP contribution in [0.25, 0.3) is 78.1 Å². The third kappa shape index (κ3) is 6.08. The van der Waals surface area contributed by atoms with Crippen LogP contribution in [0.3, 0.4) is 0 Å². The Balaban J connectivity index is 1.05. The molecule has 0 atom stereocenters. The molecule has 0 radical (unpaired) electrons. The Bertz CT molecular complexity index is 3050. The lowest BCUT2D eigenvalue weighted by atomic mass is 9.94. The van der Waals surface area contributed by atoms with Gasteiger partial charge in [-0.15, -0.1) is 0 Å². The lowest BCUT2D eigenvalue weighted by Crippen LogP contribution is -2.00. The van der Waals surface area contributed by atoms with E-state index in [-0.39, 0.29) is 0 Å². The highest BCUT2D eigenvalue weighted by atomic mass is 16.5. The second kappa shape index (κ2) is 14.4. The molecule has 282 valence electrons. The Morgan fingerprint density at radius 2 is 1.17 bits per heavy atom. The lowest BCUT2D eigenvalue weighted by molar-refractivity contribution is 0.417. The first-order chi connectivity index (χ1) is 28.6. The number of nitrogens with one attached hydrogen (secondary N) is 6. The van der Waals surface area contributed by atoms with Crippen molar-refractivity contribution in [2.24, 2.45) is 0 Å². The Hall–Kier alpha value is -8.33. The molecule has 58 heavy (non-hydrogen) atoms. The standard InChI is InChI=1S/C43H33N13O2/c1-57-34-14-13-26(24-9-5-3-6-10-24)15-31(34)51-41-37-39(54-56-43(37)48-23-46-41)33-16-27(19-44-33)30-18-35(58-2)32(17-29(30)25-11-7-4-8-12-25)52-40-36-38(28-20-49-50-21-28)53-55-42(36)47-22-45-40/h3-23,44H,1-2H3,(H,49,50)(H2,45,47,52,53,55)(H2,46,48,51,54,56). The first-order valence-electron chi connectivity index (χ1n) is 18.3. The van der Waals surface area contributed by atoms with Crippen molar-refractivity contribution < 1.29 is 9.47 Å². The largest absolute Gasteiger partial charge is 0.495 e. The van der Waals surface area contributed by atoms with E-state index in [0.717, 1.165) is 55.7 Å². The molecule has 0 aliphatic rings. The van der Waals surface area contributed by atoms with Gasteiger partial charge in [-0.2, -0.15) is 15.3 Å². The molecule has 4 aromatic carbocycles. The van der Waals surface area contributed by atoms with Crippen LogP contribution in [0.2, 0.25) is 0 Å². The highest BCUT2D eigenvalue weighted by molar-refractivity contribution is 6.02. The summed E-state index contributed by atoms with van der Waals surface area (Å²) in [5, 5.41) is 30.7. The average Bonchev–Trinajstić information content (AvgIpc) is 4.12. The van der Waals surface area contributed by atoms with E-state index in [1.807, 2.05) is 66.9 Å². The number of nitrogens with zero attached hydrogens (tertiary/aromatic N) is 7. The molecule has 0 fully saturated rings. The van der Waals surface area contributed by atoms with Gasteiger partial charge in [0.2, 0.25) is 0 Å². The summed E-state index contributed by atoms with van der Waals surface area (Å²) < 4.78 is 11.8. The SMILES string of the molecule is COc1cc(-c2c[nH]c(-c3n[nH]c4ncnc(Nc5cc(-c6ccccc6)ccc5OC)c34)c2)c(-c2ccccc2)cc1Nc1ncnc2[nH]nc(-c3cn[nH]c3)c12. The number of benzene rings is 4. The third-order valence-electron chi connectivity index (χ3n) is 9.97. The van der Waals surface area contributed by atoms with Gasteiger partial charge in [0.05, 0.1) is 48.3 Å². The van der Waals surface area contributed by atoms with Crippen LogP contribution in [-0.2, 0) is 0 Å². The van der Waals surface area contributed by atoms with Gasteiger partial charge in [-0.05, 0) is 58.1 Å². The minimum Gasteiger partial charge on any atom is -0.495 e. The zero-order valence-corrected chi connectivity index (χ0v) is 31.1. The highest BCUT2D eigenvalue weighted by Crippen LogP contribution is 2.43. The molecule has 6 aromatic heterocycles. The molecule has 0 aliphatic heterocycles. The maximum Gasteiger partial charge on any atom is 0.161 e. The van der Waals surface area contributed by atoms with Gasteiger partial charge in [-0.25, -0.2) is 19.9 Å². The van der Waals surface area contributed by atoms with Crippen molar-refractivity contribution >= 4 is 45.1 Å². The minimum absolute atomic E-state index is 0.561. The van der Waals surface area contributed by atoms with E-state index in [4.69, 9.17) is 14.6 Å². The van der Waals surface area contributed by atoms with E-state index < -0.39 is 0 Å². The van der Waals surface area contributed by atoms with E-state index in [2.05, 4.69) is 97.4 Å². The number of ether oxygens (including phenoxy) is 2. The number of rotatable bonds is 11. The van der Waals surface area contributed by atoms with E-state index in [1.54, 1.807) is 26.6 Å². The second-order valence-corrected chi connectivity index (χ2v) is 13.3. The van der Waals surface area contributed by atoms with Crippen LogP contribution in [-0.4, -0.2) is 69.7 Å². The Morgan fingerprint density at radius 3 is 1.84 bits per heavy atom. The van der Waals surface area contributed by atoms with Crippen LogP contribution in [0, 0.1) is 0 Å². The summed E-state index contributed by atoms with van der Waals surface area (Å²) in [6, 6.07) is 32.6. The van der Waals surface area contributed by atoms with Gasteiger partial charge in [0.1, 0.15) is 47.2 Å². The number of aromatic amines is 4. The molecule has 10 aromatic rings. The van der Waals surface area contributed by atoms with E-state index >= 15 is 0 Å². The molecule has 6 heterocycles.